The monoisotopic (exact) mass is 207 g/mol. The number of unbranched alkanes of at least 4 members (excludes halogenated alkanes) is 1. The third kappa shape index (κ3) is 2.65. The van der Waals surface area contributed by atoms with Gasteiger partial charge < -0.3 is 4.74 Å². The topological polar surface area (TPSA) is 46.6 Å². The Labute approximate surface area is 79.9 Å². The van der Waals surface area contributed by atoms with E-state index in [1.165, 1.54) is 4.31 Å². The fourth-order valence-corrected chi connectivity index (χ4v) is 3.14. The molecule has 1 rings (SSSR count). The molecule has 1 fully saturated rings. The van der Waals surface area contributed by atoms with Crippen LogP contribution in [0.5, 0.6) is 0 Å². The highest BCUT2D eigenvalue weighted by Crippen LogP contribution is 2.15. The summed E-state index contributed by atoms with van der Waals surface area (Å²) in [5.74, 6) is 0.247. The van der Waals surface area contributed by atoms with Crippen LogP contribution in [0.1, 0.15) is 26.7 Å². The van der Waals surface area contributed by atoms with Gasteiger partial charge in [-0.2, -0.15) is 4.31 Å². The van der Waals surface area contributed by atoms with Gasteiger partial charge in [0, 0.05) is 6.54 Å². The van der Waals surface area contributed by atoms with Crippen LogP contribution in [0.15, 0.2) is 0 Å². The van der Waals surface area contributed by atoms with Crippen molar-refractivity contribution in [2.24, 2.45) is 0 Å². The molecule has 0 aromatic rings. The number of hydrogen-bond acceptors (Lipinski definition) is 3. The van der Waals surface area contributed by atoms with Crippen molar-refractivity contribution < 1.29 is 13.2 Å². The van der Waals surface area contributed by atoms with Crippen molar-refractivity contribution in [3.63, 3.8) is 0 Å². The average Bonchev–Trinajstić information content (AvgIpc) is 2.48. The summed E-state index contributed by atoms with van der Waals surface area (Å²) < 4.78 is 29.9. The molecule has 5 heteroatoms. The lowest BCUT2D eigenvalue weighted by atomic mass is 10.4. The predicted molar refractivity (Wildman–Crippen MR) is 50.8 cm³/mol. The highest BCUT2D eigenvalue weighted by molar-refractivity contribution is 7.89. The molecule has 0 N–H and O–H groups in total. The molecule has 0 saturated carbocycles. The number of rotatable bonds is 4. The summed E-state index contributed by atoms with van der Waals surface area (Å²) >= 11 is 0. The van der Waals surface area contributed by atoms with E-state index in [4.69, 9.17) is 4.74 Å². The van der Waals surface area contributed by atoms with E-state index in [2.05, 4.69) is 0 Å². The van der Waals surface area contributed by atoms with Crippen LogP contribution in [0.4, 0.5) is 0 Å². The molecule has 1 aliphatic rings. The minimum absolute atomic E-state index is 0.247. The molecule has 0 radical (unpaired) electrons. The first kappa shape index (κ1) is 10.9. The molecular weight excluding hydrogens is 190 g/mol. The Morgan fingerprint density at radius 3 is 2.69 bits per heavy atom. The Morgan fingerprint density at radius 1 is 1.54 bits per heavy atom. The first-order valence-corrected chi connectivity index (χ1v) is 6.30. The van der Waals surface area contributed by atoms with E-state index in [0.29, 0.717) is 13.2 Å². The van der Waals surface area contributed by atoms with Crippen LogP contribution in [-0.2, 0) is 14.8 Å². The van der Waals surface area contributed by atoms with Gasteiger partial charge in [0.15, 0.2) is 0 Å². The van der Waals surface area contributed by atoms with E-state index in [1.807, 2.05) is 6.92 Å². The second-order valence-electron chi connectivity index (χ2n) is 3.25. The zero-order valence-electron chi connectivity index (χ0n) is 8.19. The van der Waals surface area contributed by atoms with Crippen LogP contribution in [0.2, 0.25) is 0 Å². The van der Waals surface area contributed by atoms with Crippen molar-refractivity contribution in [1.82, 2.24) is 4.31 Å². The standard InChI is InChI=1S/C8H17NO3S/c1-3-4-7-13(10,11)9-5-6-12-8(9)2/h8H,3-7H2,1-2H3. The van der Waals surface area contributed by atoms with E-state index in [1.54, 1.807) is 6.92 Å². The minimum atomic E-state index is -3.06. The Morgan fingerprint density at radius 2 is 2.23 bits per heavy atom. The van der Waals surface area contributed by atoms with Crippen LogP contribution in [-0.4, -0.2) is 37.9 Å². The average molecular weight is 207 g/mol. The third-order valence-electron chi connectivity index (χ3n) is 2.19. The zero-order valence-corrected chi connectivity index (χ0v) is 9.01. The number of nitrogens with zero attached hydrogens (tertiary/aromatic N) is 1. The first-order valence-electron chi connectivity index (χ1n) is 4.69. The lowest BCUT2D eigenvalue weighted by Crippen LogP contribution is -2.35. The first-order chi connectivity index (χ1) is 6.08. The van der Waals surface area contributed by atoms with Crippen LogP contribution in [0, 0.1) is 0 Å². The van der Waals surface area contributed by atoms with E-state index in [-0.39, 0.29) is 12.0 Å². The number of hydrogen-bond donors (Lipinski definition) is 0. The zero-order chi connectivity index (χ0) is 9.90. The molecular formula is C8H17NO3S. The molecule has 0 amide bonds. The third-order valence-corrected chi connectivity index (χ3v) is 4.19. The summed E-state index contributed by atoms with van der Waals surface area (Å²) in [5.41, 5.74) is 0. The molecule has 1 unspecified atom stereocenters. The van der Waals surface area contributed by atoms with Crippen LogP contribution in [0.3, 0.4) is 0 Å². The highest BCUT2D eigenvalue weighted by atomic mass is 32.2. The molecule has 0 spiro atoms. The second kappa shape index (κ2) is 4.39. The van der Waals surface area contributed by atoms with Crippen molar-refractivity contribution in [2.45, 2.75) is 32.9 Å². The fourth-order valence-electron chi connectivity index (χ4n) is 1.39. The Hall–Kier alpha value is -0.130. The van der Waals surface area contributed by atoms with Gasteiger partial charge in [-0.15, -0.1) is 0 Å². The van der Waals surface area contributed by atoms with E-state index in [9.17, 15) is 8.42 Å². The van der Waals surface area contributed by atoms with Crippen LogP contribution < -0.4 is 0 Å². The van der Waals surface area contributed by atoms with Gasteiger partial charge in [-0.05, 0) is 13.3 Å². The summed E-state index contributed by atoms with van der Waals surface area (Å²) in [6.45, 7) is 4.79. The molecule has 4 nitrogen and oxygen atoms in total. The molecule has 1 atom stereocenters. The smallest absolute Gasteiger partial charge is 0.216 e. The van der Waals surface area contributed by atoms with E-state index in [0.717, 1.165) is 12.8 Å². The van der Waals surface area contributed by atoms with Gasteiger partial charge in [0.25, 0.3) is 0 Å². The predicted octanol–water partition coefficient (Wildman–Crippen LogP) is 0.794. The molecule has 1 saturated heterocycles. The summed E-state index contributed by atoms with van der Waals surface area (Å²) in [6, 6.07) is 0. The van der Waals surface area contributed by atoms with Gasteiger partial charge >= 0.3 is 0 Å². The van der Waals surface area contributed by atoms with E-state index >= 15 is 0 Å². The van der Waals surface area contributed by atoms with Gasteiger partial charge in [-0.3, -0.25) is 0 Å². The summed E-state index contributed by atoms with van der Waals surface area (Å²) in [6.07, 6.45) is 1.36. The van der Waals surface area contributed by atoms with Gasteiger partial charge in [0.1, 0.15) is 6.23 Å². The lowest BCUT2D eigenvalue weighted by Gasteiger charge is -2.18. The maximum Gasteiger partial charge on any atom is 0.216 e. The number of sulfonamides is 1. The Kier molecular flexibility index (Phi) is 3.70. The summed E-state index contributed by atoms with van der Waals surface area (Å²) in [5, 5.41) is 0. The van der Waals surface area contributed by atoms with Gasteiger partial charge in [0.2, 0.25) is 10.0 Å². The Bertz CT molecular complexity index is 250. The molecule has 0 aromatic carbocycles. The van der Waals surface area contributed by atoms with Crippen molar-refractivity contribution in [3.8, 4) is 0 Å². The van der Waals surface area contributed by atoms with Gasteiger partial charge in [0.05, 0.1) is 12.4 Å². The minimum Gasteiger partial charge on any atom is -0.361 e. The van der Waals surface area contributed by atoms with Crippen LogP contribution >= 0.6 is 0 Å². The van der Waals surface area contributed by atoms with Gasteiger partial charge in [-0.25, -0.2) is 8.42 Å². The molecule has 1 aliphatic heterocycles. The number of ether oxygens (including phenoxy) is 1. The normalized spacial score (nSPS) is 25.2. The highest BCUT2D eigenvalue weighted by Gasteiger charge is 2.31. The van der Waals surface area contributed by atoms with Gasteiger partial charge in [-0.1, -0.05) is 13.3 Å². The molecule has 0 bridgehead atoms. The Balaban J connectivity index is 2.58. The molecule has 78 valence electrons. The van der Waals surface area contributed by atoms with Crippen molar-refractivity contribution in [3.05, 3.63) is 0 Å². The van der Waals surface area contributed by atoms with Crippen LogP contribution in [0.25, 0.3) is 0 Å². The summed E-state index contributed by atoms with van der Waals surface area (Å²) in [7, 11) is -3.06. The largest absolute Gasteiger partial charge is 0.361 e. The maximum absolute atomic E-state index is 11.6. The molecule has 13 heavy (non-hydrogen) atoms. The van der Waals surface area contributed by atoms with Crippen molar-refractivity contribution in [2.75, 3.05) is 18.9 Å². The fraction of sp³-hybridized carbons (Fsp3) is 1.00. The SMILES string of the molecule is CCCCS(=O)(=O)N1CCOC1C. The second-order valence-corrected chi connectivity index (χ2v) is 5.29. The maximum atomic E-state index is 11.6. The quantitative estimate of drug-likeness (QED) is 0.685. The van der Waals surface area contributed by atoms with E-state index < -0.39 is 10.0 Å². The van der Waals surface area contributed by atoms with Crippen molar-refractivity contribution >= 4 is 10.0 Å². The molecule has 0 aliphatic carbocycles. The lowest BCUT2D eigenvalue weighted by molar-refractivity contribution is 0.0846. The summed E-state index contributed by atoms with van der Waals surface area (Å²) in [4.78, 5) is 0. The molecule has 0 aromatic heterocycles. The molecule has 1 heterocycles. The van der Waals surface area contributed by atoms with Crippen molar-refractivity contribution in [1.29, 1.82) is 0 Å².